The average molecular weight is 204 g/mol. The molecule has 0 heterocycles. The number of nitrogens with two attached hydrogens (primary N) is 2. The summed E-state index contributed by atoms with van der Waals surface area (Å²) < 4.78 is 0. The van der Waals surface area contributed by atoms with E-state index in [1.165, 1.54) is 0 Å². The molecule has 0 aromatic rings. The minimum atomic E-state index is -0.943. The Morgan fingerprint density at radius 3 is 2.43 bits per heavy atom. The normalized spacial score (nSPS) is 18.2. The smallest absolute Gasteiger partial charge is 0.134 e. The van der Waals surface area contributed by atoms with Crippen molar-refractivity contribution in [3.8, 4) is 0 Å². The Balaban J connectivity index is 4.10. The van der Waals surface area contributed by atoms with Crippen molar-refractivity contribution in [1.29, 1.82) is 0 Å². The lowest BCUT2D eigenvalue weighted by molar-refractivity contribution is -0.103. The van der Waals surface area contributed by atoms with Crippen LogP contribution in [0.4, 0.5) is 0 Å². The third-order valence-electron chi connectivity index (χ3n) is 2.57. The van der Waals surface area contributed by atoms with Crippen molar-refractivity contribution in [1.82, 2.24) is 10.2 Å². The van der Waals surface area contributed by atoms with Crippen LogP contribution in [0.2, 0.25) is 0 Å². The summed E-state index contributed by atoms with van der Waals surface area (Å²) in [5.41, 5.74) is 10.3. The van der Waals surface area contributed by atoms with Crippen LogP contribution in [-0.4, -0.2) is 55.5 Å². The summed E-state index contributed by atoms with van der Waals surface area (Å²) in [4.78, 5) is 1.75. The third-order valence-corrected chi connectivity index (χ3v) is 2.57. The van der Waals surface area contributed by atoms with Crippen molar-refractivity contribution in [2.75, 3.05) is 33.7 Å². The number of hydrogen-bond donors (Lipinski definition) is 4. The van der Waals surface area contributed by atoms with E-state index in [-0.39, 0.29) is 6.04 Å². The first-order valence-corrected chi connectivity index (χ1v) is 5.05. The van der Waals surface area contributed by atoms with Crippen LogP contribution >= 0.6 is 0 Å². The van der Waals surface area contributed by atoms with Crippen LogP contribution in [0.1, 0.15) is 13.3 Å². The Bertz CT molecular complexity index is 154. The molecule has 2 atom stereocenters. The summed E-state index contributed by atoms with van der Waals surface area (Å²) >= 11 is 0. The van der Waals surface area contributed by atoms with Crippen LogP contribution < -0.4 is 16.8 Å². The van der Waals surface area contributed by atoms with Gasteiger partial charge in [-0.1, -0.05) is 6.92 Å². The van der Waals surface area contributed by atoms with Gasteiger partial charge in [0.05, 0.1) is 6.04 Å². The zero-order valence-electron chi connectivity index (χ0n) is 9.45. The van der Waals surface area contributed by atoms with E-state index in [2.05, 4.69) is 5.32 Å². The third kappa shape index (κ3) is 3.51. The Morgan fingerprint density at radius 1 is 1.50 bits per heavy atom. The largest absolute Gasteiger partial charge is 0.374 e. The Labute approximate surface area is 86.4 Å². The van der Waals surface area contributed by atoms with E-state index in [9.17, 15) is 5.11 Å². The maximum atomic E-state index is 10.2. The second-order valence-corrected chi connectivity index (χ2v) is 3.73. The van der Waals surface area contributed by atoms with Crippen molar-refractivity contribution in [3.05, 3.63) is 0 Å². The number of likely N-dealkylation sites (N-methyl/N-ethyl adjacent to an activating group) is 1. The van der Waals surface area contributed by atoms with Crippen molar-refractivity contribution >= 4 is 0 Å². The first-order valence-electron chi connectivity index (χ1n) is 5.05. The highest BCUT2D eigenvalue weighted by Gasteiger charge is 2.34. The monoisotopic (exact) mass is 204 g/mol. The molecule has 0 saturated heterocycles. The quantitative estimate of drug-likeness (QED) is 0.300. The zero-order chi connectivity index (χ0) is 11.2. The van der Waals surface area contributed by atoms with Gasteiger partial charge in [-0.15, -0.1) is 0 Å². The van der Waals surface area contributed by atoms with Gasteiger partial charge in [-0.3, -0.25) is 4.90 Å². The summed E-state index contributed by atoms with van der Waals surface area (Å²) in [7, 11) is 3.65. The van der Waals surface area contributed by atoms with Crippen LogP contribution in [0.15, 0.2) is 0 Å². The van der Waals surface area contributed by atoms with Crippen molar-refractivity contribution in [3.63, 3.8) is 0 Å². The molecule has 0 fully saturated rings. The van der Waals surface area contributed by atoms with E-state index >= 15 is 0 Å². The fourth-order valence-electron chi connectivity index (χ4n) is 1.43. The highest BCUT2D eigenvalue weighted by atomic mass is 16.3. The summed E-state index contributed by atoms with van der Waals surface area (Å²) in [6, 6.07) is -0.311. The van der Waals surface area contributed by atoms with E-state index in [0.717, 1.165) is 6.54 Å². The minimum absolute atomic E-state index is 0.311. The number of rotatable bonds is 7. The molecule has 0 aliphatic rings. The van der Waals surface area contributed by atoms with Gasteiger partial charge in [-0.05, 0) is 20.5 Å². The topological polar surface area (TPSA) is 87.5 Å². The first-order chi connectivity index (χ1) is 6.49. The molecule has 0 aliphatic heterocycles. The molecular formula is C9H24N4O. The van der Waals surface area contributed by atoms with Crippen molar-refractivity contribution in [2.45, 2.75) is 25.1 Å². The Hall–Kier alpha value is -0.200. The van der Waals surface area contributed by atoms with Gasteiger partial charge in [-0.25, -0.2) is 0 Å². The van der Waals surface area contributed by atoms with E-state index < -0.39 is 5.72 Å². The molecule has 2 unspecified atom stereocenters. The van der Waals surface area contributed by atoms with Crippen LogP contribution in [0, 0.1) is 0 Å². The van der Waals surface area contributed by atoms with E-state index in [1.807, 2.05) is 21.0 Å². The molecule has 0 radical (unpaired) electrons. The fraction of sp³-hybridized carbons (Fsp3) is 1.00. The van der Waals surface area contributed by atoms with Crippen molar-refractivity contribution < 1.29 is 5.11 Å². The summed E-state index contributed by atoms with van der Waals surface area (Å²) in [6.07, 6.45) is 0.603. The number of aliphatic hydroxyl groups is 1. The predicted octanol–water partition coefficient (Wildman–Crippen LogP) is -1.48. The van der Waals surface area contributed by atoms with E-state index in [0.29, 0.717) is 19.5 Å². The highest BCUT2D eigenvalue weighted by molar-refractivity contribution is 4.87. The molecule has 0 rings (SSSR count). The molecule has 0 saturated carbocycles. The lowest BCUT2D eigenvalue weighted by Gasteiger charge is -2.39. The van der Waals surface area contributed by atoms with Gasteiger partial charge < -0.3 is 21.9 Å². The van der Waals surface area contributed by atoms with Gasteiger partial charge in [0.15, 0.2) is 0 Å². The second kappa shape index (κ2) is 6.31. The molecule has 14 heavy (non-hydrogen) atoms. The van der Waals surface area contributed by atoms with Crippen LogP contribution in [0.5, 0.6) is 0 Å². The number of hydrogen-bond acceptors (Lipinski definition) is 5. The highest BCUT2D eigenvalue weighted by Crippen LogP contribution is 2.15. The van der Waals surface area contributed by atoms with Crippen LogP contribution in [0.25, 0.3) is 0 Å². The van der Waals surface area contributed by atoms with Gasteiger partial charge in [-0.2, -0.15) is 0 Å². The number of nitrogens with one attached hydrogen (secondary N) is 1. The summed E-state index contributed by atoms with van der Waals surface area (Å²) in [5.74, 6) is 0. The maximum Gasteiger partial charge on any atom is 0.134 e. The molecule has 0 aromatic heterocycles. The van der Waals surface area contributed by atoms with E-state index in [1.54, 1.807) is 4.90 Å². The lowest BCUT2D eigenvalue weighted by Crippen LogP contribution is -2.60. The standard InChI is InChI=1S/C9H24N4O/c1-4-9(14,13(2)3)8(11)7-12-6-5-10/h8,12,14H,4-7,10-11H2,1-3H3. The fourth-order valence-corrected chi connectivity index (χ4v) is 1.43. The first kappa shape index (κ1) is 13.8. The SMILES string of the molecule is CCC(O)(C(N)CNCCN)N(C)C. The molecule has 0 aromatic carbocycles. The minimum Gasteiger partial charge on any atom is -0.374 e. The van der Waals surface area contributed by atoms with Gasteiger partial charge in [0.1, 0.15) is 5.72 Å². The molecular weight excluding hydrogens is 180 g/mol. The summed E-state index contributed by atoms with van der Waals surface area (Å²) in [6.45, 7) is 3.79. The maximum absolute atomic E-state index is 10.2. The molecule has 86 valence electrons. The Morgan fingerprint density at radius 2 is 2.07 bits per heavy atom. The average Bonchev–Trinajstić information content (AvgIpc) is 2.16. The molecule has 5 heteroatoms. The van der Waals surface area contributed by atoms with Gasteiger partial charge in [0, 0.05) is 19.6 Å². The van der Waals surface area contributed by atoms with Gasteiger partial charge in [0.25, 0.3) is 0 Å². The van der Waals surface area contributed by atoms with Crippen molar-refractivity contribution in [2.24, 2.45) is 11.5 Å². The summed E-state index contributed by atoms with van der Waals surface area (Å²) in [5, 5.41) is 13.3. The Kier molecular flexibility index (Phi) is 6.22. The zero-order valence-corrected chi connectivity index (χ0v) is 9.45. The molecule has 6 N–H and O–H groups in total. The molecule has 0 amide bonds. The van der Waals surface area contributed by atoms with Crippen LogP contribution in [0.3, 0.4) is 0 Å². The number of nitrogens with zero attached hydrogens (tertiary/aromatic N) is 1. The second-order valence-electron chi connectivity index (χ2n) is 3.73. The molecule has 0 spiro atoms. The van der Waals surface area contributed by atoms with Crippen LogP contribution in [-0.2, 0) is 0 Å². The van der Waals surface area contributed by atoms with E-state index in [4.69, 9.17) is 11.5 Å². The molecule has 5 nitrogen and oxygen atoms in total. The lowest BCUT2D eigenvalue weighted by atomic mass is 10.0. The molecule has 0 bridgehead atoms. The molecule has 0 aliphatic carbocycles. The van der Waals surface area contributed by atoms with Gasteiger partial charge >= 0.3 is 0 Å². The predicted molar refractivity (Wildman–Crippen MR) is 58.8 cm³/mol. The van der Waals surface area contributed by atoms with Gasteiger partial charge in [0.2, 0.25) is 0 Å².